The molecule has 6 N–H and O–H groups in total. The van der Waals surface area contributed by atoms with Gasteiger partial charge in [-0.15, -0.1) is 0 Å². The van der Waals surface area contributed by atoms with Gasteiger partial charge in [-0.2, -0.15) is 0 Å². The van der Waals surface area contributed by atoms with Crippen molar-refractivity contribution in [1.82, 2.24) is 10.6 Å². The van der Waals surface area contributed by atoms with E-state index in [4.69, 9.17) is 9.84 Å². The Kier molecular flexibility index (Phi) is 5.96. The van der Waals surface area contributed by atoms with Gasteiger partial charge in [-0.05, 0) is 12.0 Å². The smallest absolute Gasteiger partial charge is 0.407 e. The maximum atomic E-state index is 11.8. The number of carbonyl (C=O) groups is 2. The van der Waals surface area contributed by atoms with Crippen LogP contribution >= 0.6 is 0 Å². The Bertz CT molecular complexity index is 568. The highest BCUT2D eigenvalue weighted by molar-refractivity contribution is 5.68. The Morgan fingerprint density at radius 2 is 1.58 bits per heavy atom. The average Bonchev–Trinajstić information content (AvgIpc) is 2.56. The standard InChI is InChI=1S/C15H20N2O7/c18-11-9(16-14(21)22)6-10(12(19)13(11)20)17-15(23)24-7-8-4-2-1-3-5-8/h1-5,9-13,16,18-20H,6-7H2,(H,17,23)(H,21,22). The monoisotopic (exact) mass is 340 g/mol. The van der Waals surface area contributed by atoms with Gasteiger partial charge in [0.05, 0.1) is 12.1 Å². The van der Waals surface area contributed by atoms with E-state index in [9.17, 15) is 24.9 Å². The molecule has 1 aromatic rings. The van der Waals surface area contributed by atoms with Crippen LogP contribution in [0.5, 0.6) is 0 Å². The maximum Gasteiger partial charge on any atom is 0.407 e. The highest BCUT2D eigenvalue weighted by Gasteiger charge is 2.44. The van der Waals surface area contributed by atoms with Gasteiger partial charge in [0, 0.05) is 0 Å². The molecule has 24 heavy (non-hydrogen) atoms. The number of rotatable bonds is 4. The summed E-state index contributed by atoms with van der Waals surface area (Å²) in [5.41, 5.74) is 0.776. The molecule has 1 aliphatic carbocycles. The summed E-state index contributed by atoms with van der Waals surface area (Å²) in [5.74, 6) is 0. The zero-order chi connectivity index (χ0) is 17.7. The van der Waals surface area contributed by atoms with Crippen molar-refractivity contribution < 1.29 is 34.8 Å². The lowest BCUT2D eigenvalue weighted by Crippen LogP contribution is -2.64. The fourth-order valence-corrected chi connectivity index (χ4v) is 2.59. The Morgan fingerprint density at radius 3 is 2.17 bits per heavy atom. The molecule has 0 bridgehead atoms. The number of aliphatic hydroxyl groups excluding tert-OH is 3. The molecule has 9 heteroatoms. The predicted octanol–water partition coefficient (Wildman–Crippen LogP) is -0.596. The zero-order valence-corrected chi connectivity index (χ0v) is 12.7. The number of hydrogen-bond acceptors (Lipinski definition) is 6. The summed E-state index contributed by atoms with van der Waals surface area (Å²) < 4.78 is 5.02. The molecule has 1 aromatic carbocycles. The van der Waals surface area contributed by atoms with E-state index in [2.05, 4.69) is 5.32 Å². The van der Waals surface area contributed by atoms with Crippen LogP contribution in [0.15, 0.2) is 30.3 Å². The number of aliphatic hydroxyl groups is 3. The summed E-state index contributed by atoms with van der Waals surface area (Å²) in [7, 11) is 0. The van der Waals surface area contributed by atoms with Gasteiger partial charge in [0.25, 0.3) is 0 Å². The van der Waals surface area contributed by atoms with E-state index < -0.39 is 42.6 Å². The quantitative estimate of drug-likeness (QED) is 0.429. The fraction of sp³-hybridized carbons (Fsp3) is 0.467. The highest BCUT2D eigenvalue weighted by Crippen LogP contribution is 2.21. The first kappa shape index (κ1) is 18.0. The summed E-state index contributed by atoms with van der Waals surface area (Å²) in [6.07, 6.45) is -6.82. The number of carbonyl (C=O) groups excluding carboxylic acids is 1. The molecular weight excluding hydrogens is 320 g/mol. The van der Waals surface area contributed by atoms with E-state index >= 15 is 0 Å². The third-order valence-corrected chi connectivity index (χ3v) is 3.86. The van der Waals surface area contributed by atoms with Crippen molar-refractivity contribution in [2.75, 3.05) is 0 Å². The molecule has 0 radical (unpaired) electrons. The van der Waals surface area contributed by atoms with Crippen molar-refractivity contribution in [3.63, 3.8) is 0 Å². The van der Waals surface area contributed by atoms with Crippen molar-refractivity contribution >= 4 is 12.2 Å². The van der Waals surface area contributed by atoms with Crippen LogP contribution in [0.1, 0.15) is 12.0 Å². The van der Waals surface area contributed by atoms with Crippen LogP contribution < -0.4 is 10.6 Å². The molecule has 5 unspecified atom stereocenters. The van der Waals surface area contributed by atoms with Gasteiger partial charge < -0.3 is 35.8 Å². The molecule has 9 nitrogen and oxygen atoms in total. The highest BCUT2D eigenvalue weighted by atomic mass is 16.5. The molecular formula is C15H20N2O7. The van der Waals surface area contributed by atoms with E-state index in [1.54, 1.807) is 24.3 Å². The fourth-order valence-electron chi connectivity index (χ4n) is 2.59. The van der Waals surface area contributed by atoms with E-state index in [0.29, 0.717) is 0 Å². The van der Waals surface area contributed by atoms with Gasteiger partial charge in [0.2, 0.25) is 0 Å². The van der Waals surface area contributed by atoms with Crippen LogP contribution in [0.2, 0.25) is 0 Å². The van der Waals surface area contributed by atoms with Crippen LogP contribution in [-0.2, 0) is 11.3 Å². The molecule has 0 heterocycles. The SMILES string of the molecule is O=C(O)NC1CC(NC(=O)OCc2ccccc2)C(O)C(O)C1O. The number of alkyl carbamates (subject to hydrolysis) is 1. The lowest BCUT2D eigenvalue weighted by atomic mass is 9.84. The molecule has 1 fully saturated rings. The Labute approximate surface area is 137 Å². The van der Waals surface area contributed by atoms with Gasteiger partial charge in [-0.1, -0.05) is 30.3 Å². The molecule has 0 aliphatic heterocycles. The van der Waals surface area contributed by atoms with Crippen molar-refractivity contribution in [3.05, 3.63) is 35.9 Å². The molecule has 0 spiro atoms. The van der Waals surface area contributed by atoms with Gasteiger partial charge in [0.1, 0.15) is 24.9 Å². The first-order valence-corrected chi connectivity index (χ1v) is 7.39. The average molecular weight is 340 g/mol. The number of amides is 2. The molecule has 0 saturated heterocycles. The van der Waals surface area contributed by atoms with Gasteiger partial charge in [-0.3, -0.25) is 0 Å². The zero-order valence-electron chi connectivity index (χ0n) is 12.7. The van der Waals surface area contributed by atoms with E-state index in [0.717, 1.165) is 5.56 Å². The largest absolute Gasteiger partial charge is 0.465 e. The van der Waals surface area contributed by atoms with Crippen LogP contribution in [-0.4, -0.2) is 63.0 Å². The molecule has 2 rings (SSSR count). The lowest BCUT2D eigenvalue weighted by molar-refractivity contribution is -0.109. The molecule has 0 aromatic heterocycles. The minimum Gasteiger partial charge on any atom is -0.465 e. The van der Waals surface area contributed by atoms with E-state index in [-0.39, 0.29) is 13.0 Å². The van der Waals surface area contributed by atoms with Crippen LogP contribution in [0.3, 0.4) is 0 Å². The third-order valence-electron chi connectivity index (χ3n) is 3.86. The normalized spacial score (nSPS) is 29.5. The summed E-state index contributed by atoms with van der Waals surface area (Å²) in [4.78, 5) is 22.5. The van der Waals surface area contributed by atoms with Gasteiger partial charge in [-0.25, -0.2) is 9.59 Å². The Hall–Kier alpha value is -2.36. The number of nitrogens with one attached hydrogen (secondary N) is 2. The molecule has 5 atom stereocenters. The summed E-state index contributed by atoms with van der Waals surface area (Å²) >= 11 is 0. The molecule has 132 valence electrons. The second-order valence-electron chi connectivity index (χ2n) is 5.58. The second kappa shape index (κ2) is 7.95. The third kappa shape index (κ3) is 4.57. The Morgan fingerprint density at radius 1 is 1.00 bits per heavy atom. The minimum atomic E-state index is -1.60. The first-order valence-electron chi connectivity index (χ1n) is 7.39. The second-order valence-corrected chi connectivity index (χ2v) is 5.58. The molecule has 1 saturated carbocycles. The first-order chi connectivity index (χ1) is 11.4. The van der Waals surface area contributed by atoms with Gasteiger partial charge in [0.15, 0.2) is 0 Å². The predicted molar refractivity (Wildman–Crippen MR) is 81.1 cm³/mol. The minimum absolute atomic E-state index is 0.0253. The summed E-state index contributed by atoms with van der Waals surface area (Å²) in [6.45, 7) is 0.0253. The van der Waals surface area contributed by atoms with E-state index in [1.165, 1.54) is 0 Å². The Balaban J connectivity index is 1.91. The lowest BCUT2D eigenvalue weighted by Gasteiger charge is -2.40. The van der Waals surface area contributed by atoms with Crippen LogP contribution in [0.25, 0.3) is 0 Å². The topological polar surface area (TPSA) is 148 Å². The van der Waals surface area contributed by atoms with Gasteiger partial charge >= 0.3 is 12.2 Å². The van der Waals surface area contributed by atoms with Crippen molar-refractivity contribution in [2.45, 2.75) is 43.4 Å². The number of hydrogen-bond donors (Lipinski definition) is 6. The van der Waals surface area contributed by atoms with Crippen molar-refractivity contribution in [1.29, 1.82) is 0 Å². The summed E-state index contributed by atoms with van der Waals surface area (Å²) in [5, 5.41) is 42.7. The number of ether oxygens (including phenoxy) is 1. The van der Waals surface area contributed by atoms with Crippen LogP contribution in [0, 0.1) is 0 Å². The molecule has 2 amide bonds. The van der Waals surface area contributed by atoms with Crippen molar-refractivity contribution in [3.8, 4) is 0 Å². The van der Waals surface area contributed by atoms with Crippen molar-refractivity contribution in [2.24, 2.45) is 0 Å². The maximum absolute atomic E-state index is 11.8. The van der Waals surface area contributed by atoms with E-state index in [1.807, 2.05) is 11.4 Å². The summed E-state index contributed by atoms with van der Waals surface area (Å²) in [6, 6.07) is 6.96. The number of benzene rings is 1. The molecule has 1 aliphatic rings. The number of carboxylic acid groups (broad SMARTS) is 1. The van der Waals surface area contributed by atoms with Crippen LogP contribution in [0.4, 0.5) is 9.59 Å².